The summed E-state index contributed by atoms with van der Waals surface area (Å²) >= 11 is 0. The van der Waals surface area contributed by atoms with Gasteiger partial charge in [0.15, 0.2) is 0 Å². The minimum atomic E-state index is -0.285. The number of rotatable bonds is 1. The van der Waals surface area contributed by atoms with Crippen molar-refractivity contribution >= 4 is 5.97 Å². The third-order valence-corrected chi connectivity index (χ3v) is 13.0. The van der Waals surface area contributed by atoms with Gasteiger partial charge in [-0.2, -0.15) is 0 Å². The van der Waals surface area contributed by atoms with E-state index in [1.807, 2.05) is 0 Å². The molecule has 186 valence electrons. The fraction of sp³-hybridized carbons (Fsp3) is 0.903. The van der Waals surface area contributed by atoms with Gasteiger partial charge in [-0.15, -0.1) is 0 Å². The van der Waals surface area contributed by atoms with Crippen molar-refractivity contribution < 1.29 is 9.53 Å². The molecular formula is C31H50O2. The maximum atomic E-state index is 13.3. The maximum absolute atomic E-state index is 13.3. The van der Waals surface area contributed by atoms with Crippen molar-refractivity contribution in [3.63, 3.8) is 0 Å². The lowest BCUT2D eigenvalue weighted by Gasteiger charge is -2.70. The second-order valence-corrected chi connectivity index (χ2v) is 15.2. The van der Waals surface area contributed by atoms with E-state index in [9.17, 15) is 4.79 Å². The largest absolute Gasteiger partial charge is 0.469 e. The zero-order chi connectivity index (χ0) is 24.1. The Kier molecular flexibility index (Phi) is 5.17. The van der Waals surface area contributed by atoms with Gasteiger partial charge < -0.3 is 4.74 Å². The molecule has 0 spiro atoms. The van der Waals surface area contributed by atoms with E-state index in [0.29, 0.717) is 27.6 Å². The van der Waals surface area contributed by atoms with Crippen LogP contribution in [-0.2, 0) is 9.53 Å². The predicted molar refractivity (Wildman–Crippen MR) is 136 cm³/mol. The summed E-state index contributed by atoms with van der Waals surface area (Å²) in [5, 5.41) is 0. The predicted octanol–water partition coefficient (Wildman–Crippen LogP) is 8.35. The van der Waals surface area contributed by atoms with Gasteiger partial charge in [-0.1, -0.05) is 66.5 Å². The summed E-state index contributed by atoms with van der Waals surface area (Å²) in [6.07, 6.45) is 16.3. The van der Waals surface area contributed by atoms with Crippen molar-refractivity contribution in [2.75, 3.05) is 7.11 Å². The third-order valence-electron chi connectivity index (χ3n) is 13.0. The van der Waals surface area contributed by atoms with Crippen LogP contribution in [0.5, 0.6) is 0 Å². The molecule has 7 atom stereocenters. The topological polar surface area (TPSA) is 26.3 Å². The second kappa shape index (κ2) is 7.13. The molecule has 0 amide bonds. The Hall–Kier alpha value is -0.790. The number of hydrogen-bond acceptors (Lipinski definition) is 2. The lowest BCUT2D eigenvalue weighted by molar-refractivity contribution is -0.189. The van der Waals surface area contributed by atoms with Gasteiger partial charge in [0, 0.05) is 0 Å². The molecule has 4 saturated carbocycles. The molecule has 0 aromatic carbocycles. The third kappa shape index (κ3) is 3.00. The number of esters is 1. The van der Waals surface area contributed by atoms with Gasteiger partial charge in [0.05, 0.1) is 12.5 Å². The van der Waals surface area contributed by atoms with Crippen LogP contribution in [0.25, 0.3) is 0 Å². The molecule has 0 aromatic rings. The smallest absolute Gasteiger partial charge is 0.312 e. The van der Waals surface area contributed by atoms with Crippen LogP contribution in [0.4, 0.5) is 0 Å². The van der Waals surface area contributed by atoms with Gasteiger partial charge >= 0.3 is 5.97 Å². The minimum absolute atomic E-state index is 0.0722. The zero-order valence-electron chi connectivity index (χ0n) is 22.9. The standard InChI is InChI=1S/C31H50O2/c1-26(2)16-18-31(25(32)33-8)19-17-29(6)21(22(31)20-26)10-11-24-28(5)14-9-13-27(3,4)23(28)12-15-30(24,29)7/h10,22-24H,9,11-20H2,1-8H3/t22-,23?,24-,28+,29-,30-,31+/m1/s1. The molecule has 0 aromatic heterocycles. The number of hydrogen-bond donors (Lipinski definition) is 0. The minimum Gasteiger partial charge on any atom is -0.469 e. The highest BCUT2D eigenvalue weighted by Crippen LogP contribution is 2.75. The first-order chi connectivity index (χ1) is 15.3. The van der Waals surface area contributed by atoms with Crippen LogP contribution in [0.1, 0.15) is 119 Å². The van der Waals surface area contributed by atoms with E-state index >= 15 is 0 Å². The Morgan fingerprint density at radius 2 is 1.58 bits per heavy atom. The summed E-state index contributed by atoms with van der Waals surface area (Å²) in [7, 11) is 1.61. The van der Waals surface area contributed by atoms with E-state index < -0.39 is 0 Å². The van der Waals surface area contributed by atoms with Crippen molar-refractivity contribution in [1.29, 1.82) is 0 Å². The lowest BCUT2D eigenvalue weighted by atomic mass is 9.33. The van der Waals surface area contributed by atoms with E-state index in [0.717, 1.165) is 43.9 Å². The van der Waals surface area contributed by atoms with Crippen molar-refractivity contribution in [2.24, 2.45) is 50.2 Å². The van der Waals surface area contributed by atoms with Gasteiger partial charge in [0.25, 0.3) is 0 Å². The number of carbonyl (C=O) groups excluding carboxylic acids is 1. The molecule has 0 bridgehead atoms. The SMILES string of the molecule is COC(=O)[C@]12CCC(C)(C)C[C@@H]1C1=CC[C@@H]3[C@@]4(C)CCCC(C)(C)C4CC[C@@]3(C)[C@]1(C)CC2. The molecule has 33 heavy (non-hydrogen) atoms. The van der Waals surface area contributed by atoms with Crippen LogP contribution in [0, 0.1) is 50.2 Å². The van der Waals surface area contributed by atoms with Crippen LogP contribution >= 0.6 is 0 Å². The summed E-state index contributed by atoms with van der Waals surface area (Å²) in [5.74, 6) is 2.04. The molecule has 0 N–H and O–H groups in total. The molecular weight excluding hydrogens is 404 g/mol. The highest BCUT2D eigenvalue weighted by Gasteiger charge is 2.68. The molecule has 5 aliphatic rings. The Bertz CT molecular complexity index is 866. The molecule has 0 radical (unpaired) electrons. The first kappa shape index (κ1) is 23.9. The number of allylic oxidation sites excluding steroid dienone is 2. The van der Waals surface area contributed by atoms with E-state index in [4.69, 9.17) is 4.74 Å². The molecule has 1 unspecified atom stereocenters. The monoisotopic (exact) mass is 454 g/mol. The zero-order valence-corrected chi connectivity index (χ0v) is 22.9. The molecule has 0 saturated heterocycles. The first-order valence-electron chi connectivity index (χ1n) is 14.0. The van der Waals surface area contributed by atoms with Gasteiger partial charge in [0.1, 0.15) is 0 Å². The Balaban J connectivity index is 1.60. The summed E-state index contributed by atoms with van der Waals surface area (Å²) in [6, 6.07) is 0. The number of methoxy groups -OCH3 is 1. The van der Waals surface area contributed by atoms with Crippen LogP contribution in [-0.4, -0.2) is 13.1 Å². The fourth-order valence-electron chi connectivity index (χ4n) is 10.9. The van der Waals surface area contributed by atoms with E-state index in [1.165, 1.54) is 38.5 Å². The van der Waals surface area contributed by atoms with Crippen LogP contribution in [0.3, 0.4) is 0 Å². The Morgan fingerprint density at radius 3 is 2.27 bits per heavy atom. The number of carbonyl (C=O) groups is 1. The van der Waals surface area contributed by atoms with E-state index in [-0.39, 0.29) is 16.8 Å². The van der Waals surface area contributed by atoms with Gasteiger partial charge in [-0.05, 0) is 109 Å². The van der Waals surface area contributed by atoms with Crippen molar-refractivity contribution in [1.82, 2.24) is 0 Å². The van der Waals surface area contributed by atoms with E-state index in [1.54, 1.807) is 12.7 Å². The maximum Gasteiger partial charge on any atom is 0.312 e. The van der Waals surface area contributed by atoms with Crippen molar-refractivity contribution in [2.45, 2.75) is 119 Å². The average Bonchev–Trinajstić information content (AvgIpc) is 2.72. The quantitative estimate of drug-likeness (QED) is 0.294. The molecule has 4 fully saturated rings. The van der Waals surface area contributed by atoms with Gasteiger partial charge in [-0.3, -0.25) is 4.79 Å². The van der Waals surface area contributed by atoms with Gasteiger partial charge in [-0.25, -0.2) is 0 Å². The van der Waals surface area contributed by atoms with Crippen LogP contribution in [0.15, 0.2) is 11.6 Å². The van der Waals surface area contributed by atoms with Gasteiger partial charge in [0.2, 0.25) is 0 Å². The highest BCUT2D eigenvalue weighted by atomic mass is 16.5. The Morgan fingerprint density at radius 1 is 0.879 bits per heavy atom. The number of ether oxygens (including phenoxy) is 1. The molecule has 0 heterocycles. The highest BCUT2D eigenvalue weighted by molar-refractivity contribution is 5.78. The fourth-order valence-corrected chi connectivity index (χ4v) is 10.9. The lowest BCUT2D eigenvalue weighted by Crippen LogP contribution is -2.63. The normalized spacial score (nSPS) is 50.1. The second-order valence-electron chi connectivity index (χ2n) is 15.2. The summed E-state index contributed by atoms with van der Waals surface area (Å²) in [5.41, 5.74) is 3.13. The van der Waals surface area contributed by atoms with Crippen LogP contribution < -0.4 is 0 Å². The Labute approximate surface area is 203 Å². The van der Waals surface area contributed by atoms with Crippen molar-refractivity contribution in [3.8, 4) is 0 Å². The molecule has 0 aliphatic heterocycles. The summed E-state index contributed by atoms with van der Waals surface area (Å²) in [6.45, 7) is 17.9. The number of fused-ring (bicyclic) bond motifs is 7. The summed E-state index contributed by atoms with van der Waals surface area (Å²) in [4.78, 5) is 13.3. The molecule has 5 rings (SSSR count). The average molecular weight is 455 g/mol. The molecule has 2 heteroatoms. The molecule has 2 nitrogen and oxygen atoms in total. The summed E-state index contributed by atoms with van der Waals surface area (Å²) < 4.78 is 5.51. The van der Waals surface area contributed by atoms with Crippen LogP contribution in [0.2, 0.25) is 0 Å². The van der Waals surface area contributed by atoms with Crippen molar-refractivity contribution in [3.05, 3.63) is 11.6 Å². The van der Waals surface area contributed by atoms with E-state index in [2.05, 4.69) is 54.5 Å². The first-order valence-corrected chi connectivity index (χ1v) is 14.0. The molecule has 5 aliphatic carbocycles.